The van der Waals surface area contributed by atoms with Gasteiger partial charge in [-0.15, -0.1) is 0 Å². The molecular weight excluding hydrogens is 171 g/mol. The summed E-state index contributed by atoms with van der Waals surface area (Å²) in [5.74, 6) is -0.394. The Morgan fingerprint density at radius 2 is 2.00 bits per heavy atom. The van der Waals surface area contributed by atoms with Gasteiger partial charge < -0.3 is 10.2 Å². The molecule has 0 aliphatic heterocycles. The van der Waals surface area contributed by atoms with E-state index >= 15 is 0 Å². The molecule has 72 valence electrons. The molecule has 2 nitrogen and oxygen atoms in total. The third kappa shape index (κ3) is 1.98. The highest BCUT2D eigenvalue weighted by atomic mass is 19.1. The van der Waals surface area contributed by atoms with Crippen LogP contribution in [0.1, 0.15) is 19.4 Å². The van der Waals surface area contributed by atoms with Crippen molar-refractivity contribution < 1.29 is 14.6 Å². The van der Waals surface area contributed by atoms with Gasteiger partial charge in [-0.2, -0.15) is 0 Å². The number of aliphatic hydroxyl groups excluding tert-OH is 1. The standard InChI is InChI=1S/C10H13FO2/c1-10(2,6-12)8-5-7(13)3-4-9(8)11/h3-5,12-13H,6H2,1-2H3. The van der Waals surface area contributed by atoms with Crippen molar-refractivity contribution in [1.29, 1.82) is 0 Å². The van der Waals surface area contributed by atoms with Crippen molar-refractivity contribution in [2.24, 2.45) is 0 Å². The molecule has 3 heteroatoms. The number of phenolic OH excluding ortho intramolecular Hbond substituents is 1. The molecule has 0 unspecified atom stereocenters. The minimum absolute atomic E-state index is 0.0120. The quantitative estimate of drug-likeness (QED) is 0.735. The van der Waals surface area contributed by atoms with Crippen LogP contribution in [-0.2, 0) is 5.41 Å². The van der Waals surface area contributed by atoms with Gasteiger partial charge in [0.05, 0.1) is 6.61 Å². The summed E-state index contributed by atoms with van der Waals surface area (Å²) in [6.07, 6.45) is 0. The molecular formula is C10H13FO2. The van der Waals surface area contributed by atoms with Gasteiger partial charge in [-0.1, -0.05) is 13.8 Å². The Bertz CT molecular complexity index is 308. The molecule has 0 aliphatic carbocycles. The Morgan fingerprint density at radius 3 is 2.54 bits per heavy atom. The summed E-state index contributed by atoms with van der Waals surface area (Å²) in [6, 6.07) is 3.82. The average Bonchev–Trinajstić information content (AvgIpc) is 2.09. The number of aliphatic hydroxyl groups is 1. The first-order chi connectivity index (χ1) is 5.97. The summed E-state index contributed by atoms with van der Waals surface area (Å²) in [5.41, 5.74) is -0.335. The molecule has 1 aromatic rings. The smallest absolute Gasteiger partial charge is 0.127 e. The molecule has 2 N–H and O–H groups in total. The first kappa shape index (κ1) is 9.99. The van der Waals surface area contributed by atoms with E-state index in [1.807, 2.05) is 0 Å². The highest BCUT2D eigenvalue weighted by molar-refractivity contribution is 5.33. The van der Waals surface area contributed by atoms with E-state index in [1.165, 1.54) is 18.2 Å². The van der Waals surface area contributed by atoms with E-state index in [1.54, 1.807) is 13.8 Å². The van der Waals surface area contributed by atoms with E-state index in [2.05, 4.69) is 0 Å². The maximum atomic E-state index is 13.2. The number of hydrogen-bond acceptors (Lipinski definition) is 2. The van der Waals surface area contributed by atoms with Gasteiger partial charge in [0, 0.05) is 5.41 Å². The predicted molar refractivity (Wildman–Crippen MR) is 48.2 cm³/mol. The van der Waals surface area contributed by atoms with E-state index in [0.29, 0.717) is 5.56 Å². The van der Waals surface area contributed by atoms with Crippen molar-refractivity contribution in [3.8, 4) is 5.75 Å². The van der Waals surface area contributed by atoms with Crippen molar-refractivity contribution in [2.45, 2.75) is 19.3 Å². The second-order valence-electron chi connectivity index (χ2n) is 3.71. The normalized spacial score (nSPS) is 11.7. The lowest BCUT2D eigenvalue weighted by Gasteiger charge is -2.22. The van der Waals surface area contributed by atoms with Gasteiger partial charge >= 0.3 is 0 Å². The minimum atomic E-state index is -0.664. The molecule has 1 rings (SSSR count). The van der Waals surface area contributed by atoms with Gasteiger partial charge in [0.2, 0.25) is 0 Å². The maximum absolute atomic E-state index is 13.2. The van der Waals surface area contributed by atoms with Crippen LogP contribution in [0.2, 0.25) is 0 Å². The van der Waals surface area contributed by atoms with Crippen molar-refractivity contribution in [1.82, 2.24) is 0 Å². The monoisotopic (exact) mass is 184 g/mol. The lowest BCUT2D eigenvalue weighted by Crippen LogP contribution is -2.23. The zero-order chi connectivity index (χ0) is 10.1. The van der Waals surface area contributed by atoms with E-state index in [4.69, 9.17) is 10.2 Å². The topological polar surface area (TPSA) is 40.5 Å². The molecule has 0 saturated heterocycles. The van der Waals surface area contributed by atoms with E-state index in [9.17, 15) is 4.39 Å². The highest BCUT2D eigenvalue weighted by Gasteiger charge is 2.23. The van der Waals surface area contributed by atoms with E-state index in [0.717, 1.165) is 0 Å². The third-order valence-corrected chi connectivity index (χ3v) is 2.07. The molecule has 0 atom stereocenters. The van der Waals surface area contributed by atoms with Crippen LogP contribution in [0.4, 0.5) is 4.39 Å². The molecule has 0 bridgehead atoms. The Balaban J connectivity index is 3.20. The number of benzene rings is 1. The molecule has 0 saturated carbocycles. The Hall–Kier alpha value is -1.09. The second-order valence-corrected chi connectivity index (χ2v) is 3.71. The molecule has 1 aromatic carbocycles. The van der Waals surface area contributed by atoms with Crippen molar-refractivity contribution in [2.75, 3.05) is 6.61 Å². The Morgan fingerprint density at radius 1 is 1.38 bits per heavy atom. The van der Waals surface area contributed by atoms with Crippen LogP contribution in [0.5, 0.6) is 5.75 Å². The van der Waals surface area contributed by atoms with Gasteiger partial charge in [-0.25, -0.2) is 4.39 Å². The number of rotatable bonds is 2. The van der Waals surface area contributed by atoms with Crippen molar-refractivity contribution >= 4 is 0 Å². The van der Waals surface area contributed by atoms with Gasteiger partial charge in [0.25, 0.3) is 0 Å². The lowest BCUT2D eigenvalue weighted by molar-refractivity contribution is 0.214. The van der Waals surface area contributed by atoms with Crippen LogP contribution >= 0.6 is 0 Å². The molecule has 0 fully saturated rings. The fraction of sp³-hybridized carbons (Fsp3) is 0.400. The lowest BCUT2D eigenvalue weighted by atomic mass is 9.85. The zero-order valence-corrected chi connectivity index (χ0v) is 7.71. The Labute approximate surface area is 76.6 Å². The van der Waals surface area contributed by atoms with Gasteiger partial charge in [-0.05, 0) is 23.8 Å². The Kier molecular flexibility index (Phi) is 2.57. The molecule has 0 amide bonds. The first-order valence-electron chi connectivity index (χ1n) is 4.07. The second kappa shape index (κ2) is 3.34. The molecule has 0 radical (unpaired) electrons. The number of aromatic hydroxyl groups is 1. The highest BCUT2D eigenvalue weighted by Crippen LogP contribution is 2.27. The third-order valence-electron chi connectivity index (χ3n) is 2.07. The minimum Gasteiger partial charge on any atom is -0.508 e. The van der Waals surface area contributed by atoms with Crippen molar-refractivity contribution in [3.63, 3.8) is 0 Å². The summed E-state index contributed by atoms with van der Waals surface area (Å²) in [4.78, 5) is 0. The average molecular weight is 184 g/mol. The first-order valence-corrected chi connectivity index (χ1v) is 4.07. The number of halogens is 1. The van der Waals surface area contributed by atoms with Crippen LogP contribution < -0.4 is 0 Å². The van der Waals surface area contributed by atoms with E-state index < -0.39 is 11.2 Å². The molecule has 0 aliphatic rings. The van der Waals surface area contributed by atoms with Crippen LogP contribution in [0, 0.1) is 5.82 Å². The van der Waals surface area contributed by atoms with E-state index in [-0.39, 0.29) is 12.4 Å². The summed E-state index contributed by atoms with van der Waals surface area (Å²) >= 11 is 0. The zero-order valence-electron chi connectivity index (χ0n) is 7.71. The fourth-order valence-corrected chi connectivity index (χ4v) is 1.12. The van der Waals surface area contributed by atoms with Crippen LogP contribution in [0.15, 0.2) is 18.2 Å². The predicted octanol–water partition coefficient (Wildman–Crippen LogP) is 1.80. The summed E-state index contributed by atoms with van der Waals surface area (Å²) < 4.78 is 13.2. The van der Waals surface area contributed by atoms with Gasteiger partial charge in [0.15, 0.2) is 0 Å². The summed E-state index contributed by atoms with van der Waals surface area (Å²) in [6.45, 7) is 3.27. The van der Waals surface area contributed by atoms with Gasteiger partial charge in [0.1, 0.15) is 11.6 Å². The number of hydrogen-bond donors (Lipinski definition) is 2. The van der Waals surface area contributed by atoms with Crippen molar-refractivity contribution in [3.05, 3.63) is 29.6 Å². The molecule has 0 spiro atoms. The summed E-state index contributed by atoms with van der Waals surface area (Å²) in [5, 5.41) is 18.2. The molecule has 0 aromatic heterocycles. The van der Waals surface area contributed by atoms with Crippen LogP contribution in [0.3, 0.4) is 0 Å². The maximum Gasteiger partial charge on any atom is 0.127 e. The fourth-order valence-electron chi connectivity index (χ4n) is 1.12. The van der Waals surface area contributed by atoms with Crippen LogP contribution in [-0.4, -0.2) is 16.8 Å². The molecule has 0 heterocycles. The van der Waals surface area contributed by atoms with Crippen LogP contribution in [0.25, 0.3) is 0 Å². The summed E-state index contributed by atoms with van der Waals surface area (Å²) in [7, 11) is 0. The molecule has 13 heavy (non-hydrogen) atoms. The number of phenols is 1. The van der Waals surface area contributed by atoms with Gasteiger partial charge in [-0.3, -0.25) is 0 Å². The largest absolute Gasteiger partial charge is 0.508 e. The SMILES string of the molecule is CC(C)(CO)c1cc(O)ccc1F.